The molecule has 2 aromatic rings. The lowest BCUT2D eigenvalue weighted by Crippen LogP contribution is -2.56. The molecule has 0 fully saturated rings. The van der Waals surface area contributed by atoms with Gasteiger partial charge in [0.1, 0.15) is 35.1 Å². The van der Waals surface area contributed by atoms with Crippen molar-refractivity contribution in [3.05, 3.63) is 65.2 Å². The third-order valence-electron chi connectivity index (χ3n) is 6.64. The van der Waals surface area contributed by atoms with Crippen molar-refractivity contribution >= 4 is 23.9 Å². The molecule has 44 heavy (non-hydrogen) atoms. The summed E-state index contributed by atoms with van der Waals surface area (Å²) in [6.45, 7) is 17.3. The predicted octanol–water partition coefficient (Wildman–Crippen LogP) is 5.21. The summed E-state index contributed by atoms with van der Waals surface area (Å²) in [5.41, 5.74) is -0.119. The zero-order valence-corrected chi connectivity index (χ0v) is 27.7. The monoisotopic (exact) mass is 611 g/mol. The maximum absolute atomic E-state index is 14.2. The molecule has 3 N–H and O–H groups in total. The van der Waals surface area contributed by atoms with Crippen molar-refractivity contribution in [2.75, 3.05) is 6.54 Å². The number of nitrogens with one attached hydrogen (secondary N) is 2. The number of nitrogens with zero attached hydrogens (tertiary/aromatic N) is 1. The number of rotatable bonds is 11. The number of hydrogen-bond donors (Lipinski definition) is 3. The average Bonchev–Trinajstić information content (AvgIpc) is 2.90. The molecule has 10 nitrogen and oxygen atoms in total. The Balaban J connectivity index is 2.58. The van der Waals surface area contributed by atoms with Gasteiger partial charge in [0.25, 0.3) is 0 Å². The minimum Gasteiger partial charge on any atom is -0.507 e. The van der Waals surface area contributed by atoms with Crippen molar-refractivity contribution in [1.29, 1.82) is 0 Å². The second-order valence-electron chi connectivity index (χ2n) is 13.2. The molecule has 242 valence electrons. The van der Waals surface area contributed by atoms with Crippen LogP contribution >= 0.6 is 0 Å². The van der Waals surface area contributed by atoms with Crippen molar-refractivity contribution in [3.63, 3.8) is 0 Å². The standard InChI is InChI=1S/C34H49N3O7/c1-11-37(30(40)26(21(2)3)36-32(42)44-34(8,9)10)27(24-19-15-16-22(4)28(24)38)29(39)35-25(31(41)43-33(5,6)7)20-23-17-13-12-14-18-23/h12-19,21,25-27,38H,11,20H2,1-10H3,(H,35,39)(H,36,42). The second kappa shape index (κ2) is 15.1. The van der Waals surface area contributed by atoms with Gasteiger partial charge in [-0.1, -0.05) is 62.4 Å². The quantitative estimate of drug-likeness (QED) is 0.297. The number of likely N-dealkylation sites (N-methyl/N-ethyl adjacent to an activating group) is 1. The van der Waals surface area contributed by atoms with E-state index < -0.39 is 53.2 Å². The predicted molar refractivity (Wildman–Crippen MR) is 169 cm³/mol. The van der Waals surface area contributed by atoms with Crippen LogP contribution in [0.5, 0.6) is 5.75 Å². The van der Waals surface area contributed by atoms with E-state index in [0.717, 1.165) is 5.56 Å². The van der Waals surface area contributed by atoms with Crippen LogP contribution in [-0.4, -0.2) is 63.7 Å². The number of carbonyl (C=O) groups is 4. The van der Waals surface area contributed by atoms with Crippen molar-refractivity contribution < 1.29 is 33.8 Å². The van der Waals surface area contributed by atoms with Crippen LogP contribution in [0.2, 0.25) is 0 Å². The molecule has 2 rings (SSSR count). The fourth-order valence-corrected chi connectivity index (χ4v) is 4.61. The minimum absolute atomic E-state index is 0.0549. The first-order chi connectivity index (χ1) is 20.3. The molecule has 0 saturated heterocycles. The van der Waals surface area contributed by atoms with Crippen LogP contribution in [-0.2, 0) is 30.3 Å². The number of para-hydroxylation sites is 1. The van der Waals surface area contributed by atoms with Gasteiger partial charge in [-0.05, 0) is 72.4 Å². The molecular weight excluding hydrogens is 562 g/mol. The molecular formula is C34H49N3O7. The van der Waals surface area contributed by atoms with Gasteiger partial charge in [-0.25, -0.2) is 9.59 Å². The molecule has 3 atom stereocenters. The lowest BCUT2D eigenvalue weighted by molar-refractivity contribution is -0.159. The number of benzene rings is 2. The zero-order valence-electron chi connectivity index (χ0n) is 27.7. The van der Waals surface area contributed by atoms with Crippen LogP contribution < -0.4 is 10.6 Å². The first-order valence-corrected chi connectivity index (χ1v) is 15.0. The van der Waals surface area contributed by atoms with Crippen molar-refractivity contribution in [1.82, 2.24) is 15.5 Å². The highest BCUT2D eigenvalue weighted by atomic mass is 16.6. The SMILES string of the molecule is CCN(C(=O)C(NC(=O)OC(C)(C)C)C(C)C)C(C(=O)NC(Cc1ccccc1)C(=O)OC(C)(C)C)c1cccc(C)c1O. The number of carbonyl (C=O) groups excluding carboxylic acids is 4. The lowest BCUT2D eigenvalue weighted by atomic mass is 9.96. The highest BCUT2D eigenvalue weighted by Gasteiger charge is 2.39. The zero-order chi connectivity index (χ0) is 33.4. The summed E-state index contributed by atoms with van der Waals surface area (Å²) in [7, 11) is 0. The summed E-state index contributed by atoms with van der Waals surface area (Å²) in [6.07, 6.45) is -0.629. The third-order valence-corrected chi connectivity index (χ3v) is 6.64. The Hall–Kier alpha value is -4.08. The van der Waals surface area contributed by atoms with Gasteiger partial charge in [0.2, 0.25) is 11.8 Å². The van der Waals surface area contributed by atoms with Crippen molar-refractivity contribution in [2.24, 2.45) is 5.92 Å². The summed E-state index contributed by atoms with van der Waals surface area (Å²) in [5, 5.41) is 16.6. The van der Waals surface area contributed by atoms with Gasteiger partial charge in [-0.3, -0.25) is 9.59 Å². The van der Waals surface area contributed by atoms with E-state index in [1.807, 2.05) is 30.3 Å². The Morgan fingerprint density at radius 3 is 1.98 bits per heavy atom. The van der Waals surface area contributed by atoms with E-state index in [4.69, 9.17) is 9.47 Å². The number of hydrogen-bond acceptors (Lipinski definition) is 7. The molecule has 3 unspecified atom stereocenters. The largest absolute Gasteiger partial charge is 0.507 e. The second-order valence-corrected chi connectivity index (χ2v) is 13.2. The minimum atomic E-state index is -1.34. The molecule has 0 bridgehead atoms. The van der Waals surface area contributed by atoms with E-state index in [1.54, 1.807) is 87.4 Å². The Bertz CT molecular complexity index is 1300. The third kappa shape index (κ3) is 10.6. The number of aryl methyl sites for hydroxylation is 1. The fraction of sp³-hybridized carbons (Fsp3) is 0.529. The summed E-state index contributed by atoms with van der Waals surface area (Å²) in [5.74, 6) is -2.40. The fourth-order valence-electron chi connectivity index (χ4n) is 4.61. The van der Waals surface area contributed by atoms with Crippen LogP contribution in [0.25, 0.3) is 0 Å². The smallest absolute Gasteiger partial charge is 0.408 e. The Labute approximate surface area is 261 Å². The molecule has 0 aromatic heterocycles. The molecule has 0 aliphatic heterocycles. The van der Waals surface area contributed by atoms with Crippen LogP contribution in [0.15, 0.2) is 48.5 Å². The summed E-state index contributed by atoms with van der Waals surface area (Å²) in [6, 6.07) is 10.6. The Morgan fingerprint density at radius 1 is 0.864 bits per heavy atom. The van der Waals surface area contributed by atoms with Crippen molar-refractivity contribution in [3.8, 4) is 5.75 Å². The van der Waals surface area contributed by atoms with E-state index in [9.17, 15) is 24.3 Å². The van der Waals surface area contributed by atoms with E-state index in [1.165, 1.54) is 4.90 Å². The number of alkyl carbamates (subject to hydrolysis) is 1. The van der Waals surface area contributed by atoms with Crippen LogP contribution in [0.1, 0.15) is 85.0 Å². The highest BCUT2D eigenvalue weighted by molar-refractivity contribution is 5.94. The summed E-state index contributed by atoms with van der Waals surface area (Å²) in [4.78, 5) is 55.7. The number of phenolic OH excluding ortho intramolecular Hbond substituents is 1. The average molecular weight is 612 g/mol. The van der Waals surface area contributed by atoms with Gasteiger partial charge in [0, 0.05) is 18.5 Å². The molecule has 0 radical (unpaired) electrons. The van der Waals surface area contributed by atoms with Crippen molar-refractivity contribution in [2.45, 2.75) is 105 Å². The normalized spacial score (nSPS) is 13.8. The van der Waals surface area contributed by atoms with Gasteiger partial charge in [-0.15, -0.1) is 0 Å². The van der Waals surface area contributed by atoms with E-state index in [2.05, 4.69) is 10.6 Å². The van der Waals surface area contributed by atoms with E-state index in [-0.39, 0.29) is 30.2 Å². The number of aromatic hydroxyl groups is 1. The molecule has 0 aliphatic carbocycles. The van der Waals surface area contributed by atoms with E-state index in [0.29, 0.717) is 5.56 Å². The maximum Gasteiger partial charge on any atom is 0.408 e. The molecule has 0 spiro atoms. The van der Waals surface area contributed by atoms with Gasteiger partial charge >= 0.3 is 12.1 Å². The number of esters is 1. The molecule has 0 aliphatic rings. The number of ether oxygens (including phenoxy) is 2. The Morgan fingerprint density at radius 2 is 1.45 bits per heavy atom. The van der Waals surface area contributed by atoms with E-state index >= 15 is 0 Å². The van der Waals surface area contributed by atoms with Crippen LogP contribution in [0, 0.1) is 12.8 Å². The number of phenols is 1. The Kier molecular flexibility index (Phi) is 12.4. The van der Waals surface area contributed by atoms with Gasteiger partial charge in [0.05, 0.1) is 0 Å². The molecule has 0 saturated carbocycles. The summed E-state index contributed by atoms with van der Waals surface area (Å²) >= 11 is 0. The maximum atomic E-state index is 14.2. The topological polar surface area (TPSA) is 134 Å². The van der Waals surface area contributed by atoms with Crippen LogP contribution in [0.4, 0.5) is 4.79 Å². The van der Waals surface area contributed by atoms with Crippen LogP contribution in [0.3, 0.4) is 0 Å². The van der Waals surface area contributed by atoms with Gasteiger partial charge < -0.3 is 30.1 Å². The lowest BCUT2D eigenvalue weighted by Gasteiger charge is -2.36. The first-order valence-electron chi connectivity index (χ1n) is 15.0. The van der Waals surface area contributed by atoms with Gasteiger partial charge in [-0.2, -0.15) is 0 Å². The molecule has 0 heterocycles. The highest BCUT2D eigenvalue weighted by Crippen LogP contribution is 2.33. The molecule has 3 amide bonds. The first kappa shape index (κ1) is 36.1. The summed E-state index contributed by atoms with van der Waals surface area (Å²) < 4.78 is 11.0. The number of amides is 3. The molecule has 10 heteroatoms. The molecule has 2 aromatic carbocycles. The van der Waals surface area contributed by atoms with Gasteiger partial charge in [0.15, 0.2) is 0 Å².